The predicted octanol–water partition coefficient (Wildman–Crippen LogP) is 4.09. The third-order valence-corrected chi connectivity index (χ3v) is 3.54. The SMILES string of the molecule is [CH2-]Cc1[c-]c(Nc2cccc3c2CCC3)ccc1.[Y]. The Morgan fingerprint density at radius 3 is 2.79 bits per heavy atom. The monoisotopic (exact) mass is 324 g/mol. The first kappa shape index (κ1) is 14.7. The molecule has 2 aromatic carbocycles. The molecule has 0 heterocycles. The van der Waals surface area contributed by atoms with Crippen molar-refractivity contribution in [3.8, 4) is 0 Å². The molecule has 0 fully saturated rings. The van der Waals surface area contributed by atoms with Gasteiger partial charge in [0.2, 0.25) is 0 Å². The van der Waals surface area contributed by atoms with Crippen LogP contribution in [0.4, 0.5) is 11.4 Å². The van der Waals surface area contributed by atoms with Gasteiger partial charge in [0.1, 0.15) is 0 Å². The van der Waals surface area contributed by atoms with Crippen LogP contribution in [0.15, 0.2) is 36.4 Å². The first-order chi connectivity index (χ1) is 8.86. The zero-order chi connectivity index (χ0) is 12.4. The minimum absolute atomic E-state index is 0. The second kappa shape index (κ2) is 6.68. The molecule has 0 unspecified atom stereocenters. The van der Waals surface area contributed by atoms with Crippen LogP contribution in [0.3, 0.4) is 0 Å². The number of fused-ring (bicyclic) bond motifs is 1. The molecule has 0 saturated heterocycles. The van der Waals surface area contributed by atoms with Gasteiger partial charge in [-0.2, -0.15) is 30.2 Å². The fraction of sp³-hybridized carbons (Fsp3) is 0.235. The van der Waals surface area contributed by atoms with E-state index in [4.69, 9.17) is 0 Å². The number of nitrogens with one attached hydrogen (secondary N) is 1. The summed E-state index contributed by atoms with van der Waals surface area (Å²) in [5.41, 5.74) is 6.39. The number of hydrogen-bond acceptors (Lipinski definition) is 1. The molecule has 0 saturated carbocycles. The van der Waals surface area contributed by atoms with Crippen molar-refractivity contribution in [1.29, 1.82) is 0 Å². The van der Waals surface area contributed by atoms with Gasteiger partial charge in [0.05, 0.1) is 0 Å². The zero-order valence-electron chi connectivity index (χ0n) is 11.1. The molecule has 95 valence electrons. The number of benzene rings is 2. The number of anilines is 2. The standard InChI is InChI=1S/C17H17N.Y/c1-2-13-6-3-9-15(12-13)18-17-11-5-8-14-7-4-10-16(14)17;/h3,5-6,8-9,11,18H,1-2,4,7,10H2;/q-2;. The molecule has 1 N–H and O–H groups in total. The van der Waals surface area contributed by atoms with E-state index in [9.17, 15) is 0 Å². The summed E-state index contributed by atoms with van der Waals surface area (Å²) in [7, 11) is 0. The van der Waals surface area contributed by atoms with Crippen LogP contribution < -0.4 is 5.32 Å². The van der Waals surface area contributed by atoms with E-state index in [0.717, 1.165) is 17.7 Å². The molecule has 19 heavy (non-hydrogen) atoms. The van der Waals surface area contributed by atoms with Gasteiger partial charge in [0.25, 0.3) is 0 Å². The molecule has 2 aromatic rings. The van der Waals surface area contributed by atoms with Crippen LogP contribution in [0, 0.1) is 13.0 Å². The van der Waals surface area contributed by atoms with Crippen molar-refractivity contribution in [2.75, 3.05) is 5.32 Å². The second-order valence-corrected chi connectivity index (χ2v) is 4.76. The van der Waals surface area contributed by atoms with Gasteiger partial charge in [-0.1, -0.05) is 17.8 Å². The first-order valence-corrected chi connectivity index (χ1v) is 6.55. The van der Waals surface area contributed by atoms with Crippen LogP contribution in [0.2, 0.25) is 0 Å². The maximum atomic E-state index is 3.90. The van der Waals surface area contributed by atoms with Gasteiger partial charge in [-0.3, -0.25) is 0 Å². The Hall–Kier alpha value is -0.656. The molecule has 1 aliphatic rings. The average molecular weight is 324 g/mol. The second-order valence-electron chi connectivity index (χ2n) is 4.76. The normalized spacial score (nSPS) is 12.7. The van der Waals surface area contributed by atoms with Crippen molar-refractivity contribution in [2.24, 2.45) is 0 Å². The predicted molar refractivity (Wildman–Crippen MR) is 76.1 cm³/mol. The summed E-state index contributed by atoms with van der Waals surface area (Å²) in [5, 5.41) is 3.50. The summed E-state index contributed by atoms with van der Waals surface area (Å²) in [6, 6.07) is 16.1. The van der Waals surface area contributed by atoms with Crippen molar-refractivity contribution < 1.29 is 32.7 Å². The molecule has 3 rings (SSSR count). The van der Waals surface area contributed by atoms with E-state index in [1.807, 2.05) is 0 Å². The summed E-state index contributed by atoms with van der Waals surface area (Å²) >= 11 is 0. The fourth-order valence-electron chi connectivity index (χ4n) is 2.62. The molecular weight excluding hydrogens is 307 g/mol. The van der Waals surface area contributed by atoms with Crippen LogP contribution >= 0.6 is 0 Å². The maximum Gasteiger partial charge on any atom is 0.0401 e. The Balaban J connectivity index is 0.00000133. The van der Waals surface area contributed by atoms with Gasteiger partial charge in [-0.15, -0.1) is 6.07 Å². The van der Waals surface area contributed by atoms with Crippen molar-refractivity contribution in [1.82, 2.24) is 0 Å². The third-order valence-electron chi connectivity index (χ3n) is 3.54. The molecule has 0 aromatic heterocycles. The van der Waals surface area contributed by atoms with Crippen molar-refractivity contribution in [2.45, 2.75) is 25.7 Å². The van der Waals surface area contributed by atoms with Gasteiger partial charge < -0.3 is 12.2 Å². The molecule has 1 nitrogen and oxygen atoms in total. The van der Waals surface area contributed by atoms with E-state index < -0.39 is 0 Å². The van der Waals surface area contributed by atoms with E-state index in [2.05, 4.69) is 54.7 Å². The molecule has 0 amide bonds. The summed E-state index contributed by atoms with van der Waals surface area (Å²) < 4.78 is 0. The van der Waals surface area contributed by atoms with Crippen LogP contribution in [0.25, 0.3) is 0 Å². The average Bonchev–Trinajstić information content (AvgIpc) is 2.88. The molecule has 1 radical (unpaired) electrons. The van der Waals surface area contributed by atoms with E-state index in [-0.39, 0.29) is 32.7 Å². The summed E-state index contributed by atoms with van der Waals surface area (Å²) in [4.78, 5) is 0. The molecule has 0 aliphatic heterocycles. The Morgan fingerprint density at radius 2 is 1.95 bits per heavy atom. The van der Waals surface area contributed by atoms with Gasteiger partial charge in [-0.05, 0) is 36.5 Å². The number of rotatable bonds is 3. The van der Waals surface area contributed by atoms with Crippen LogP contribution in [0.1, 0.15) is 23.1 Å². The third kappa shape index (κ3) is 3.27. The van der Waals surface area contributed by atoms with Crippen LogP contribution in [0.5, 0.6) is 0 Å². The largest absolute Gasteiger partial charge is 0.378 e. The number of hydrogen-bond donors (Lipinski definition) is 1. The Kier molecular flexibility index (Phi) is 5.18. The molecule has 0 atom stereocenters. The maximum absolute atomic E-state index is 3.90. The van der Waals surface area contributed by atoms with Gasteiger partial charge in [0, 0.05) is 38.4 Å². The minimum atomic E-state index is 0. The van der Waals surface area contributed by atoms with Crippen LogP contribution in [-0.2, 0) is 52.0 Å². The van der Waals surface area contributed by atoms with Crippen molar-refractivity contribution >= 4 is 11.4 Å². The summed E-state index contributed by atoms with van der Waals surface area (Å²) in [6.45, 7) is 3.90. The van der Waals surface area contributed by atoms with E-state index >= 15 is 0 Å². The van der Waals surface area contributed by atoms with Crippen LogP contribution in [-0.4, -0.2) is 0 Å². The van der Waals surface area contributed by atoms with Gasteiger partial charge in [-0.25, -0.2) is 0 Å². The smallest absolute Gasteiger partial charge is 0.0401 e. The van der Waals surface area contributed by atoms with E-state index in [1.54, 1.807) is 0 Å². The molecule has 2 heteroatoms. The first-order valence-electron chi connectivity index (χ1n) is 6.55. The van der Waals surface area contributed by atoms with E-state index in [0.29, 0.717) is 0 Å². The van der Waals surface area contributed by atoms with E-state index in [1.165, 1.54) is 36.1 Å². The quantitative estimate of drug-likeness (QED) is 0.839. The molecule has 0 spiro atoms. The summed E-state index contributed by atoms with van der Waals surface area (Å²) in [6.07, 6.45) is 4.46. The van der Waals surface area contributed by atoms with Crippen molar-refractivity contribution in [3.05, 3.63) is 66.1 Å². The number of aryl methyl sites for hydroxylation is 1. The Morgan fingerprint density at radius 1 is 1.11 bits per heavy atom. The fourth-order valence-corrected chi connectivity index (χ4v) is 2.62. The molecule has 1 aliphatic carbocycles. The molecule has 0 bridgehead atoms. The Labute approximate surface area is 140 Å². The van der Waals surface area contributed by atoms with Gasteiger partial charge in [0.15, 0.2) is 0 Å². The van der Waals surface area contributed by atoms with Crippen molar-refractivity contribution in [3.63, 3.8) is 0 Å². The van der Waals surface area contributed by atoms with Gasteiger partial charge >= 0.3 is 0 Å². The Bertz CT molecular complexity index is 563. The topological polar surface area (TPSA) is 12.0 Å². The summed E-state index contributed by atoms with van der Waals surface area (Å²) in [5.74, 6) is 0. The minimum Gasteiger partial charge on any atom is -0.378 e. The zero-order valence-corrected chi connectivity index (χ0v) is 13.9. The molecular formula is C17H17NY-2.